The summed E-state index contributed by atoms with van der Waals surface area (Å²) in [6.45, 7) is 4.59. The molecule has 1 atom stereocenters. The molecule has 0 bridgehead atoms. The third-order valence-corrected chi connectivity index (χ3v) is 6.59. The largest absolute Gasteiger partial charge is 0.0946 e. The first-order valence-corrected chi connectivity index (χ1v) is 11.3. The molecule has 0 heteroatoms. The number of rotatable bonds is 6. The van der Waals surface area contributed by atoms with Crippen molar-refractivity contribution in [2.24, 2.45) is 5.92 Å². The van der Waals surface area contributed by atoms with Crippen molar-refractivity contribution in [1.82, 2.24) is 0 Å². The Hall–Kier alpha value is -3.38. The summed E-state index contributed by atoms with van der Waals surface area (Å²) in [5.41, 5.74) is 11.1. The Bertz CT molecular complexity index is 1170. The monoisotopic (exact) mass is 400 g/mol. The van der Waals surface area contributed by atoms with E-state index in [9.17, 15) is 0 Å². The topological polar surface area (TPSA) is 0 Å². The summed E-state index contributed by atoms with van der Waals surface area (Å²) in [6, 6.07) is 30.3. The summed E-state index contributed by atoms with van der Waals surface area (Å²) < 4.78 is 0. The van der Waals surface area contributed by atoms with Crippen molar-refractivity contribution in [3.05, 3.63) is 143 Å². The number of benzene rings is 3. The SMILES string of the molecule is C=C1C(/C=C\CCc2ccccc2)=C(c2ccccc2)CC1C1=Cc2ccccc2C1. The molecule has 3 aromatic carbocycles. The average molecular weight is 401 g/mol. The zero-order valence-corrected chi connectivity index (χ0v) is 17.9. The Morgan fingerprint density at radius 2 is 1.55 bits per heavy atom. The van der Waals surface area contributed by atoms with Crippen molar-refractivity contribution in [2.45, 2.75) is 25.7 Å². The van der Waals surface area contributed by atoms with Crippen LogP contribution in [0, 0.1) is 5.92 Å². The van der Waals surface area contributed by atoms with Crippen LogP contribution in [0.25, 0.3) is 11.6 Å². The summed E-state index contributed by atoms with van der Waals surface area (Å²) in [4.78, 5) is 0. The van der Waals surface area contributed by atoms with Gasteiger partial charge >= 0.3 is 0 Å². The van der Waals surface area contributed by atoms with E-state index in [0.29, 0.717) is 5.92 Å². The van der Waals surface area contributed by atoms with Crippen LogP contribution in [-0.2, 0) is 12.8 Å². The first-order valence-electron chi connectivity index (χ1n) is 11.3. The van der Waals surface area contributed by atoms with E-state index in [1.165, 1.54) is 44.5 Å². The minimum atomic E-state index is 0.399. The van der Waals surface area contributed by atoms with Gasteiger partial charge in [-0.2, -0.15) is 0 Å². The van der Waals surface area contributed by atoms with Crippen LogP contribution >= 0.6 is 0 Å². The van der Waals surface area contributed by atoms with Crippen LogP contribution in [-0.4, -0.2) is 0 Å². The Morgan fingerprint density at radius 1 is 0.839 bits per heavy atom. The lowest BCUT2D eigenvalue weighted by molar-refractivity contribution is 0.766. The van der Waals surface area contributed by atoms with E-state index >= 15 is 0 Å². The van der Waals surface area contributed by atoms with Gasteiger partial charge in [0.2, 0.25) is 0 Å². The summed E-state index contributed by atoms with van der Waals surface area (Å²) in [5, 5.41) is 0. The molecule has 0 aliphatic heterocycles. The van der Waals surface area contributed by atoms with Crippen LogP contribution in [0.2, 0.25) is 0 Å². The van der Waals surface area contributed by atoms with Gasteiger partial charge in [0.25, 0.3) is 0 Å². The fourth-order valence-corrected chi connectivity index (χ4v) is 4.92. The number of hydrogen-bond acceptors (Lipinski definition) is 0. The number of fused-ring (bicyclic) bond motifs is 1. The van der Waals surface area contributed by atoms with E-state index in [1.807, 2.05) is 0 Å². The zero-order valence-electron chi connectivity index (χ0n) is 17.9. The van der Waals surface area contributed by atoms with Gasteiger partial charge in [0, 0.05) is 5.92 Å². The predicted molar refractivity (Wildman–Crippen MR) is 133 cm³/mol. The molecule has 5 rings (SSSR count). The fourth-order valence-electron chi connectivity index (χ4n) is 4.92. The van der Waals surface area contributed by atoms with Crippen LogP contribution in [0.1, 0.15) is 35.1 Å². The van der Waals surface area contributed by atoms with Crippen molar-refractivity contribution < 1.29 is 0 Å². The standard InChI is InChI=1S/C31H28/c1-23-29(19-11-8-14-24-12-4-2-5-13-24)31(25-15-6-3-7-16-25)22-30(23)28-20-26-17-9-10-18-27(26)21-28/h2-7,9-13,15-20,30H,1,8,14,21-22H2/b19-11-. The van der Waals surface area contributed by atoms with Crippen LogP contribution in [0.4, 0.5) is 0 Å². The number of aryl methyl sites for hydroxylation is 1. The van der Waals surface area contributed by atoms with Gasteiger partial charge in [-0.25, -0.2) is 0 Å². The second-order valence-electron chi connectivity index (χ2n) is 8.56. The summed E-state index contributed by atoms with van der Waals surface area (Å²) >= 11 is 0. The molecule has 0 N–H and O–H groups in total. The molecule has 152 valence electrons. The van der Waals surface area contributed by atoms with Crippen LogP contribution in [0.3, 0.4) is 0 Å². The normalized spacial score (nSPS) is 18.0. The summed E-state index contributed by atoms with van der Waals surface area (Å²) in [7, 11) is 0. The zero-order chi connectivity index (χ0) is 21.0. The van der Waals surface area contributed by atoms with Crippen LogP contribution in [0.5, 0.6) is 0 Å². The van der Waals surface area contributed by atoms with E-state index in [-0.39, 0.29) is 0 Å². The van der Waals surface area contributed by atoms with Gasteiger partial charge in [-0.15, -0.1) is 0 Å². The third kappa shape index (κ3) is 4.11. The van der Waals surface area contributed by atoms with E-state index < -0.39 is 0 Å². The molecule has 0 nitrogen and oxygen atoms in total. The highest BCUT2D eigenvalue weighted by molar-refractivity contribution is 5.81. The van der Waals surface area contributed by atoms with Gasteiger partial charge in [0.15, 0.2) is 0 Å². The second-order valence-corrected chi connectivity index (χ2v) is 8.56. The highest BCUT2D eigenvalue weighted by Gasteiger charge is 2.31. The Kier molecular flexibility index (Phi) is 5.54. The molecular formula is C31H28. The number of hydrogen-bond donors (Lipinski definition) is 0. The molecule has 3 aromatic rings. The molecule has 31 heavy (non-hydrogen) atoms. The van der Waals surface area contributed by atoms with Gasteiger partial charge < -0.3 is 0 Å². The molecular weight excluding hydrogens is 372 g/mol. The lowest BCUT2D eigenvalue weighted by atomic mass is 9.89. The molecule has 0 amide bonds. The van der Waals surface area contributed by atoms with Gasteiger partial charge in [0.05, 0.1) is 0 Å². The van der Waals surface area contributed by atoms with Crippen molar-refractivity contribution in [3.63, 3.8) is 0 Å². The van der Waals surface area contributed by atoms with E-state index in [4.69, 9.17) is 0 Å². The highest BCUT2D eigenvalue weighted by atomic mass is 14.4. The molecule has 2 aliphatic rings. The van der Waals surface area contributed by atoms with E-state index in [1.54, 1.807) is 0 Å². The van der Waals surface area contributed by atoms with Gasteiger partial charge in [-0.05, 0) is 64.7 Å². The van der Waals surface area contributed by atoms with Crippen molar-refractivity contribution in [3.8, 4) is 0 Å². The first-order chi connectivity index (χ1) is 15.3. The number of allylic oxidation sites excluding steroid dienone is 6. The maximum Gasteiger partial charge on any atom is 0.00958 e. The average Bonchev–Trinajstić information content (AvgIpc) is 3.39. The molecule has 0 fully saturated rings. The first kappa shape index (κ1) is 19.6. The molecule has 2 aliphatic carbocycles. The molecule has 0 spiro atoms. The Balaban J connectivity index is 1.39. The van der Waals surface area contributed by atoms with Crippen LogP contribution in [0.15, 0.2) is 120 Å². The molecule has 0 aromatic heterocycles. The highest BCUT2D eigenvalue weighted by Crippen LogP contribution is 2.47. The smallest absolute Gasteiger partial charge is 0.00958 e. The maximum absolute atomic E-state index is 4.59. The molecule has 0 radical (unpaired) electrons. The predicted octanol–water partition coefficient (Wildman–Crippen LogP) is 7.85. The molecule has 0 heterocycles. The Morgan fingerprint density at radius 3 is 2.32 bits per heavy atom. The molecule has 0 saturated heterocycles. The van der Waals surface area contributed by atoms with Crippen molar-refractivity contribution in [2.75, 3.05) is 0 Å². The minimum Gasteiger partial charge on any atom is -0.0946 e. The van der Waals surface area contributed by atoms with Crippen molar-refractivity contribution >= 4 is 11.6 Å². The lowest BCUT2D eigenvalue weighted by Gasteiger charge is -2.14. The van der Waals surface area contributed by atoms with E-state index in [2.05, 4.69) is 110 Å². The fraction of sp³-hybridized carbons (Fsp3) is 0.161. The maximum atomic E-state index is 4.59. The second kappa shape index (κ2) is 8.78. The minimum absolute atomic E-state index is 0.399. The summed E-state index contributed by atoms with van der Waals surface area (Å²) in [6.07, 6.45) is 11.3. The van der Waals surface area contributed by atoms with E-state index in [0.717, 1.165) is 25.7 Å². The Labute approximate surface area is 186 Å². The quantitative estimate of drug-likeness (QED) is 0.395. The van der Waals surface area contributed by atoms with Gasteiger partial charge in [-0.3, -0.25) is 0 Å². The molecule has 1 unspecified atom stereocenters. The summed E-state index contributed by atoms with van der Waals surface area (Å²) in [5.74, 6) is 0.399. The third-order valence-electron chi connectivity index (χ3n) is 6.59. The van der Waals surface area contributed by atoms with Crippen molar-refractivity contribution in [1.29, 1.82) is 0 Å². The molecule has 0 saturated carbocycles. The van der Waals surface area contributed by atoms with Gasteiger partial charge in [-0.1, -0.05) is 115 Å². The van der Waals surface area contributed by atoms with Gasteiger partial charge in [0.1, 0.15) is 0 Å². The van der Waals surface area contributed by atoms with Crippen LogP contribution < -0.4 is 0 Å². The lowest BCUT2D eigenvalue weighted by Crippen LogP contribution is -2.03.